The van der Waals surface area contributed by atoms with Crippen LogP contribution in [0.4, 0.5) is 30.7 Å². The highest BCUT2D eigenvalue weighted by molar-refractivity contribution is 7.86. The molecule has 0 aliphatic heterocycles. The number of alkyl halides is 7. The molecule has 1 aliphatic carbocycles. The highest BCUT2D eigenvalue weighted by atomic mass is 32.2. The Hall–Kier alpha value is -1.94. The fraction of sp³-hybridized carbons (Fsp3) is 0.765. The zero-order valence-corrected chi connectivity index (χ0v) is 17.7. The van der Waals surface area contributed by atoms with Crippen LogP contribution in [0.3, 0.4) is 0 Å². The second-order valence-corrected chi connectivity index (χ2v) is 8.45. The van der Waals surface area contributed by atoms with E-state index in [0.717, 1.165) is 6.42 Å². The Bertz CT molecular complexity index is 822. The SMILES string of the molecule is C=CC(=O)OC(OCCCC(F)(F)C(F)(F)S(=O)(=O)[O-])(C(=O)OC1CCCCC1)C(F)(F)F. The van der Waals surface area contributed by atoms with Crippen molar-refractivity contribution in [3.8, 4) is 0 Å². The van der Waals surface area contributed by atoms with E-state index in [9.17, 15) is 53.3 Å². The Kier molecular flexibility index (Phi) is 9.30. The minimum absolute atomic E-state index is 0.195. The third-order valence-electron chi connectivity index (χ3n) is 4.56. The Labute approximate surface area is 183 Å². The van der Waals surface area contributed by atoms with Gasteiger partial charge in [0, 0.05) is 12.5 Å². The molecule has 1 atom stereocenters. The quantitative estimate of drug-likeness (QED) is 0.102. The molecule has 0 N–H and O–H groups in total. The lowest BCUT2D eigenvalue weighted by Crippen LogP contribution is -2.59. The van der Waals surface area contributed by atoms with Crippen LogP contribution in [-0.2, 0) is 33.9 Å². The van der Waals surface area contributed by atoms with Gasteiger partial charge >= 0.3 is 35.1 Å². The number of carbonyl (C=O) groups excluding carboxylic acids is 2. The lowest BCUT2D eigenvalue weighted by molar-refractivity contribution is -0.356. The Morgan fingerprint density at radius 1 is 1.03 bits per heavy atom. The molecule has 1 saturated carbocycles. The summed E-state index contributed by atoms with van der Waals surface area (Å²) < 4.78 is 139. The molecule has 1 unspecified atom stereocenters. The summed E-state index contributed by atoms with van der Waals surface area (Å²) in [6.45, 7) is 1.31. The third-order valence-corrected chi connectivity index (χ3v) is 5.49. The van der Waals surface area contributed by atoms with Gasteiger partial charge in [-0.1, -0.05) is 13.0 Å². The smallest absolute Gasteiger partial charge is 0.468 e. The van der Waals surface area contributed by atoms with Crippen LogP contribution in [0.15, 0.2) is 12.7 Å². The zero-order chi connectivity index (χ0) is 25.7. The molecule has 0 radical (unpaired) electrons. The topological polar surface area (TPSA) is 119 Å². The van der Waals surface area contributed by atoms with E-state index in [0.29, 0.717) is 12.8 Å². The molecule has 33 heavy (non-hydrogen) atoms. The second kappa shape index (κ2) is 10.5. The molecule has 0 aromatic heterocycles. The molecule has 192 valence electrons. The van der Waals surface area contributed by atoms with E-state index in [-0.39, 0.29) is 18.9 Å². The monoisotopic (exact) mass is 517 g/mol. The van der Waals surface area contributed by atoms with Crippen molar-refractivity contribution >= 4 is 22.1 Å². The summed E-state index contributed by atoms with van der Waals surface area (Å²) in [5.74, 6) is -13.9. The predicted molar refractivity (Wildman–Crippen MR) is 92.8 cm³/mol. The molecule has 0 bridgehead atoms. The first-order valence-electron chi connectivity index (χ1n) is 9.39. The van der Waals surface area contributed by atoms with Crippen molar-refractivity contribution in [1.82, 2.24) is 0 Å². The van der Waals surface area contributed by atoms with E-state index >= 15 is 0 Å². The van der Waals surface area contributed by atoms with Gasteiger partial charge in [-0.2, -0.15) is 30.7 Å². The molecule has 0 amide bonds. The maximum absolute atomic E-state index is 13.8. The van der Waals surface area contributed by atoms with E-state index in [1.54, 1.807) is 0 Å². The van der Waals surface area contributed by atoms with Crippen LogP contribution in [0.2, 0.25) is 0 Å². The molecule has 0 aromatic carbocycles. The average Bonchev–Trinajstić information content (AvgIpc) is 2.68. The molecular formula is C17H20F7O8S-. The summed E-state index contributed by atoms with van der Waals surface area (Å²) in [7, 11) is -6.81. The van der Waals surface area contributed by atoms with E-state index in [1.165, 1.54) is 0 Å². The fourth-order valence-electron chi connectivity index (χ4n) is 2.82. The summed E-state index contributed by atoms with van der Waals surface area (Å²) in [4.78, 5) is 23.8. The van der Waals surface area contributed by atoms with Gasteiger partial charge in [0.2, 0.25) is 0 Å². The summed E-state index contributed by atoms with van der Waals surface area (Å²) in [5, 5.41) is -6.06. The third kappa shape index (κ3) is 6.79. The number of hydrogen-bond acceptors (Lipinski definition) is 8. The van der Waals surface area contributed by atoms with Crippen molar-refractivity contribution in [2.45, 2.75) is 74.2 Å². The molecule has 1 aliphatic rings. The van der Waals surface area contributed by atoms with Crippen LogP contribution in [0, 0.1) is 0 Å². The molecule has 16 heteroatoms. The van der Waals surface area contributed by atoms with Crippen LogP contribution in [0.25, 0.3) is 0 Å². The van der Waals surface area contributed by atoms with E-state index in [4.69, 9.17) is 4.74 Å². The highest BCUT2D eigenvalue weighted by Gasteiger charge is 2.68. The number of esters is 2. The first kappa shape index (κ1) is 29.1. The van der Waals surface area contributed by atoms with Gasteiger partial charge in [-0.05, 0) is 32.1 Å². The van der Waals surface area contributed by atoms with Gasteiger partial charge in [-0.25, -0.2) is 18.0 Å². The van der Waals surface area contributed by atoms with Crippen molar-refractivity contribution in [2.75, 3.05) is 6.61 Å². The molecule has 8 nitrogen and oxygen atoms in total. The van der Waals surface area contributed by atoms with Crippen LogP contribution in [-0.4, -0.2) is 60.8 Å². The molecule has 1 fully saturated rings. The van der Waals surface area contributed by atoms with Gasteiger partial charge in [-0.3, -0.25) is 0 Å². The van der Waals surface area contributed by atoms with Crippen molar-refractivity contribution in [3.05, 3.63) is 12.7 Å². The van der Waals surface area contributed by atoms with Gasteiger partial charge in [0.25, 0.3) is 0 Å². The first-order valence-corrected chi connectivity index (χ1v) is 10.8. The number of rotatable bonds is 11. The summed E-state index contributed by atoms with van der Waals surface area (Å²) in [6, 6.07) is 0. The summed E-state index contributed by atoms with van der Waals surface area (Å²) >= 11 is 0. The normalized spacial score (nSPS) is 18.3. The van der Waals surface area contributed by atoms with Crippen LogP contribution in [0.5, 0.6) is 0 Å². The standard InChI is InChI=1S/C17H21F7O8S/c1-2-12(25)32-15(16(20,21)22,13(26)31-11-7-4-3-5-8-11)30-10-6-9-14(18,19)17(23,24)33(27,28)29/h2,11H,1,3-10H2,(H,27,28,29)/p-1. The highest BCUT2D eigenvalue weighted by Crippen LogP contribution is 2.42. The minimum Gasteiger partial charge on any atom is -0.743 e. The summed E-state index contributed by atoms with van der Waals surface area (Å²) in [6.07, 6.45) is -7.90. The maximum Gasteiger partial charge on any atom is 0.468 e. The number of hydrogen-bond donors (Lipinski definition) is 0. The minimum atomic E-state index is -6.81. The average molecular weight is 517 g/mol. The lowest BCUT2D eigenvalue weighted by Gasteiger charge is -2.34. The molecule has 0 spiro atoms. The van der Waals surface area contributed by atoms with Gasteiger partial charge < -0.3 is 18.8 Å². The Balaban J connectivity index is 3.07. The van der Waals surface area contributed by atoms with Crippen LogP contribution < -0.4 is 0 Å². The summed E-state index contributed by atoms with van der Waals surface area (Å²) in [5.41, 5.74) is 0. The van der Waals surface area contributed by atoms with Gasteiger partial charge in [0.05, 0.1) is 6.61 Å². The van der Waals surface area contributed by atoms with Gasteiger partial charge in [0.1, 0.15) is 6.10 Å². The van der Waals surface area contributed by atoms with E-state index in [1.807, 2.05) is 0 Å². The van der Waals surface area contributed by atoms with Crippen molar-refractivity contribution in [2.24, 2.45) is 0 Å². The molecule has 0 heterocycles. The predicted octanol–water partition coefficient (Wildman–Crippen LogP) is 3.42. The Morgan fingerprint density at radius 3 is 2.03 bits per heavy atom. The van der Waals surface area contributed by atoms with Crippen molar-refractivity contribution < 1.29 is 67.5 Å². The number of halogens is 7. The maximum atomic E-state index is 13.8. The largest absolute Gasteiger partial charge is 0.743 e. The second-order valence-electron chi connectivity index (χ2n) is 7.03. The lowest BCUT2D eigenvalue weighted by atomic mass is 9.98. The number of ether oxygens (including phenoxy) is 3. The van der Waals surface area contributed by atoms with Crippen molar-refractivity contribution in [1.29, 1.82) is 0 Å². The van der Waals surface area contributed by atoms with E-state index < -0.39 is 70.7 Å². The molecule has 0 saturated heterocycles. The Morgan fingerprint density at radius 2 is 1.58 bits per heavy atom. The van der Waals surface area contributed by atoms with Crippen LogP contribution in [0.1, 0.15) is 44.9 Å². The first-order chi connectivity index (χ1) is 14.9. The van der Waals surface area contributed by atoms with Crippen LogP contribution >= 0.6 is 0 Å². The molecule has 0 aromatic rings. The van der Waals surface area contributed by atoms with E-state index in [2.05, 4.69) is 16.1 Å². The molecular weight excluding hydrogens is 497 g/mol. The van der Waals surface area contributed by atoms with Gasteiger partial charge in [-0.15, -0.1) is 0 Å². The van der Waals surface area contributed by atoms with Gasteiger partial charge in [0.15, 0.2) is 10.1 Å². The fourth-order valence-corrected chi connectivity index (χ4v) is 3.29. The van der Waals surface area contributed by atoms with Crippen molar-refractivity contribution in [3.63, 3.8) is 0 Å². The zero-order valence-electron chi connectivity index (χ0n) is 16.8. The number of carbonyl (C=O) groups is 2. The molecule has 1 rings (SSSR count).